The molecule has 0 aliphatic rings. The van der Waals surface area contributed by atoms with Crippen LogP contribution < -0.4 is 4.40 Å². The van der Waals surface area contributed by atoms with Gasteiger partial charge in [-0.2, -0.15) is 0 Å². The van der Waals surface area contributed by atoms with Crippen molar-refractivity contribution in [2.75, 3.05) is 0 Å². The number of hydrogen-bond donors (Lipinski definition) is 0. The van der Waals surface area contributed by atoms with Gasteiger partial charge in [0.25, 0.3) is 0 Å². The minimum atomic E-state index is -1.89. The van der Waals surface area contributed by atoms with Gasteiger partial charge in [0.1, 0.15) is 5.58 Å². The molecule has 0 amide bonds. The topological polar surface area (TPSA) is 38.9 Å². The maximum absolute atomic E-state index is 6.07. The summed E-state index contributed by atoms with van der Waals surface area (Å²) in [4.78, 5) is 9.32. The Morgan fingerprint density at radius 2 is 1.43 bits per heavy atom. The molecule has 6 aromatic rings. The van der Waals surface area contributed by atoms with E-state index in [-0.39, 0.29) is 20.1 Å². The Balaban J connectivity index is 0.000000204. The summed E-state index contributed by atoms with van der Waals surface area (Å²) in [7, 11) is 0. The molecule has 0 bridgehead atoms. The van der Waals surface area contributed by atoms with E-state index in [0.717, 1.165) is 50.9 Å². The maximum atomic E-state index is 6.07. The largest absolute Gasteiger partial charge is 0.501 e. The number of nitrogens with zero attached hydrogens (tertiary/aromatic N) is 2. The Morgan fingerprint density at radius 3 is 2.13 bits per heavy atom. The van der Waals surface area contributed by atoms with Crippen LogP contribution in [0, 0.1) is 18.1 Å². The SMILES string of the molecule is CC(C)Cc1cc(-c2[c-]ccc(C(C)C)c2)nc[c]1[Ge]([CH3])([CH3])[CH3].CC(C)c1ccnc(-c2[c-]ccc3c2oc2ccccc23)c1.[Ir]. The van der Waals surface area contributed by atoms with E-state index >= 15 is 0 Å². The quantitative estimate of drug-likeness (QED) is 0.119. The molecule has 241 valence electrons. The zero-order valence-electron chi connectivity index (χ0n) is 28.7. The smallest absolute Gasteiger partial charge is 0.120 e. The number of hydrogen-bond acceptors (Lipinski definition) is 3. The summed E-state index contributed by atoms with van der Waals surface area (Å²) >= 11 is -1.89. The van der Waals surface area contributed by atoms with Crippen molar-refractivity contribution in [1.82, 2.24) is 9.97 Å². The predicted molar refractivity (Wildman–Crippen MR) is 194 cm³/mol. The monoisotopic (exact) mass is 849 g/mol. The van der Waals surface area contributed by atoms with E-state index in [4.69, 9.17) is 9.40 Å². The van der Waals surface area contributed by atoms with Gasteiger partial charge in [0.05, 0.1) is 5.58 Å². The Hall–Kier alpha value is -3.05. The van der Waals surface area contributed by atoms with Gasteiger partial charge < -0.3 is 9.40 Å². The van der Waals surface area contributed by atoms with Crippen LogP contribution in [-0.2, 0) is 26.5 Å². The fourth-order valence-corrected chi connectivity index (χ4v) is 9.08. The molecule has 0 N–H and O–H groups in total. The van der Waals surface area contributed by atoms with Crippen LogP contribution in [-0.4, -0.2) is 23.2 Å². The second kappa shape index (κ2) is 15.2. The van der Waals surface area contributed by atoms with E-state index in [0.29, 0.717) is 17.8 Å². The molecule has 0 saturated carbocycles. The minimum absolute atomic E-state index is 0. The Morgan fingerprint density at radius 1 is 0.739 bits per heavy atom. The number of furan rings is 1. The van der Waals surface area contributed by atoms with E-state index in [9.17, 15) is 0 Å². The predicted octanol–water partition coefficient (Wildman–Crippen LogP) is 11.0. The van der Waals surface area contributed by atoms with Gasteiger partial charge in [0.15, 0.2) is 0 Å². The van der Waals surface area contributed by atoms with E-state index in [1.807, 2.05) is 36.5 Å². The van der Waals surface area contributed by atoms with Crippen LogP contribution in [0.5, 0.6) is 0 Å². The normalized spacial score (nSPS) is 11.7. The minimum Gasteiger partial charge on any atom is -0.501 e. The number of pyridine rings is 2. The third-order valence-corrected chi connectivity index (χ3v) is 12.6. The molecule has 46 heavy (non-hydrogen) atoms. The summed E-state index contributed by atoms with van der Waals surface area (Å²) in [6.07, 6.45) is 5.15. The molecule has 1 radical (unpaired) electrons. The number of rotatable bonds is 7. The van der Waals surface area contributed by atoms with Crippen LogP contribution >= 0.6 is 0 Å². The van der Waals surface area contributed by atoms with Crippen molar-refractivity contribution in [3.05, 3.63) is 114 Å². The fourth-order valence-electron chi connectivity index (χ4n) is 5.74. The first-order valence-electron chi connectivity index (χ1n) is 16.2. The first-order valence-corrected chi connectivity index (χ1v) is 23.6. The van der Waals surface area contributed by atoms with Crippen molar-refractivity contribution in [3.8, 4) is 22.5 Å². The molecule has 0 spiro atoms. The number of benzene rings is 3. The van der Waals surface area contributed by atoms with Gasteiger partial charge in [-0.05, 0) is 23.7 Å². The average Bonchev–Trinajstić information content (AvgIpc) is 3.39. The molecule has 3 aromatic carbocycles. The van der Waals surface area contributed by atoms with Crippen molar-refractivity contribution < 1.29 is 24.5 Å². The van der Waals surface area contributed by atoms with Gasteiger partial charge in [-0.25, -0.2) is 0 Å². The molecule has 0 unspecified atom stereocenters. The standard InChI is InChI=1S/C21H30GeN.C20H16NO.Ir/c1-15(2)11-19-13-21(23-14-20(19)22(5,6)7)18-10-8-9-17(12-18)16(3)4;1-13(2)14-10-11-21-18(12-14)17-8-5-7-16-15-6-3-4-9-19(15)22-20(16)17;/h8-9,12-16H,11H2,1-7H3;3-7,9-13H,1-2H3;/q2*-1;. The first-order chi connectivity index (χ1) is 21.4. The summed E-state index contributed by atoms with van der Waals surface area (Å²) in [6.45, 7) is 13.4. The maximum Gasteiger partial charge on any atom is 0.120 e. The third-order valence-electron chi connectivity index (χ3n) is 8.24. The van der Waals surface area contributed by atoms with Crippen molar-refractivity contribution in [3.63, 3.8) is 0 Å². The van der Waals surface area contributed by atoms with Crippen molar-refractivity contribution in [1.29, 1.82) is 0 Å². The van der Waals surface area contributed by atoms with Gasteiger partial charge >= 0.3 is 145 Å². The molecule has 3 heterocycles. The van der Waals surface area contributed by atoms with Gasteiger partial charge in [-0.1, -0.05) is 54.6 Å². The molecule has 5 heteroatoms. The van der Waals surface area contributed by atoms with Crippen molar-refractivity contribution >= 4 is 39.6 Å². The van der Waals surface area contributed by atoms with Crippen LogP contribution in [0.1, 0.15) is 70.1 Å². The molecule has 3 nitrogen and oxygen atoms in total. The molecule has 0 atom stereocenters. The van der Waals surface area contributed by atoms with E-state index in [2.05, 4.69) is 125 Å². The summed E-state index contributed by atoms with van der Waals surface area (Å²) in [5.41, 5.74) is 9.91. The van der Waals surface area contributed by atoms with Crippen molar-refractivity contribution in [2.45, 2.75) is 77.1 Å². The van der Waals surface area contributed by atoms with E-state index in [1.165, 1.54) is 16.7 Å². The summed E-state index contributed by atoms with van der Waals surface area (Å²) in [5.74, 6) is 9.02. The zero-order valence-corrected chi connectivity index (χ0v) is 33.2. The van der Waals surface area contributed by atoms with Crippen LogP contribution in [0.4, 0.5) is 0 Å². The fraction of sp³-hybridized carbons (Fsp3) is 0.317. The van der Waals surface area contributed by atoms with Crippen LogP contribution in [0.25, 0.3) is 44.5 Å². The molecular formula is C41H46GeIrN2O-2. The number of aromatic nitrogens is 2. The van der Waals surface area contributed by atoms with Gasteiger partial charge in [-0.3, -0.25) is 0 Å². The molecule has 3 aromatic heterocycles. The first kappa shape index (κ1) is 35.8. The Kier molecular flexibility index (Phi) is 11.9. The molecule has 0 fully saturated rings. The van der Waals surface area contributed by atoms with Crippen LogP contribution in [0.2, 0.25) is 17.3 Å². The van der Waals surface area contributed by atoms with Gasteiger partial charge in [-0.15, -0.1) is 18.2 Å². The summed E-state index contributed by atoms with van der Waals surface area (Å²) in [6, 6.07) is 31.7. The summed E-state index contributed by atoms with van der Waals surface area (Å²) in [5, 5.41) is 2.24. The van der Waals surface area contributed by atoms with Crippen LogP contribution in [0.3, 0.4) is 0 Å². The van der Waals surface area contributed by atoms with E-state index < -0.39 is 13.3 Å². The molecule has 0 aliphatic carbocycles. The average molecular weight is 848 g/mol. The molecule has 0 aliphatic heterocycles. The van der Waals surface area contributed by atoms with Gasteiger partial charge in [0.2, 0.25) is 0 Å². The molecule has 0 saturated heterocycles. The van der Waals surface area contributed by atoms with Crippen molar-refractivity contribution in [2.24, 2.45) is 5.92 Å². The Bertz CT molecular complexity index is 1920. The second-order valence-corrected chi connectivity index (χ2v) is 24.7. The van der Waals surface area contributed by atoms with Crippen LogP contribution in [0.15, 0.2) is 89.6 Å². The molecule has 6 rings (SSSR count). The summed E-state index contributed by atoms with van der Waals surface area (Å²) < 4.78 is 7.61. The van der Waals surface area contributed by atoms with Gasteiger partial charge in [0, 0.05) is 31.7 Å². The van der Waals surface area contributed by atoms with E-state index in [1.54, 1.807) is 4.40 Å². The Labute approximate surface area is 292 Å². The number of fused-ring (bicyclic) bond motifs is 3. The number of para-hydroxylation sites is 1. The zero-order chi connectivity index (χ0) is 32.3. The molecular weight excluding hydrogens is 801 g/mol. The second-order valence-electron chi connectivity index (χ2n) is 14.1. The third kappa shape index (κ3) is 8.26.